The molecule has 1 spiro atoms. The normalized spacial score (nSPS) is 13.3. The summed E-state index contributed by atoms with van der Waals surface area (Å²) in [5.41, 5.74) is 16.2. The van der Waals surface area contributed by atoms with Crippen molar-refractivity contribution in [1.82, 2.24) is 0 Å². The lowest BCUT2D eigenvalue weighted by Gasteiger charge is -2.32. The van der Waals surface area contributed by atoms with Crippen LogP contribution in [0.2, 0.25) is 0 Å². The minimum Gasteiger partial charge on any atom is -0.310 e. The van der Waals surface area contributed by atoms with Gasteiger partial charge in [-0.15, -0.1) is 22.7 Å². The molecule has 2 aliphatic rings. The average Bonchev–Trinajstić information content (AvgIpc) is 4.02. The maximum Gasteiger partial charge on any atom is 0.0726 e. The fourth-order valence-corrected chi connectivity index (χ4v) is 12.9. The molecule has 0 amide bonds. The highest BCUT2D eigenvalue weighted by Crippen LogP contribution is 2.63. The van der Waals surface area contributed by atoms with Gasteiger partial charge in [0.05, 0.1) is 5.41 Å². The third kappa shape index (κ3) is 4.30. The van der Waals surface area contributed by atoms with Gasteiger partial charge in [0, 0.05) is 57.4 Å². The summed E-state index contributed by atoms with van der Waals surface area (Å²) >= 11 is 3.83. The predicted molar refractivity (Wildman–Crippen MR) is 249 cm³/mol. The molecule has 13 rings (SSSR count). The van der Waals surface area contributed by atoms with E-state index in [1.54, 1.807) is 0 Å². The highest BCUT2D eigenvalue weighted by Gasteiger charge is 2.51. The summed E-state index contributed by atoms with van der Waals surface area (Å²) in [7, 11) is 0. The summed E-state index contributed by atoms with van der Waals surface area (Å²) in [6, 6.07) is 74.6. The smallest absolute Gasteiger partial charge is 0.0726 e. The molecule has 2 heterocycles. The first-order chi connectivity index (χ1) is 28.8. The van der Waals surface area contributed by atoms with Crippen LogP contribution in [0.15, 0.2) is 200 Å². The van der Waals surface area contributed by atoms with E-state index in [-0.39, 0.29) is 0 Å². The third-order valence-corrected chi connectivity index (χ3v) is 15.1. The van der Waals surface area contributed by atoms with Crippen LogP contribution in [0, 0.1) is 0 Å². The number of thiophene rings is 2. The number of fused-ring (bicyclic) bond motifs is 17. The number of hydrogen-bond acceptors (Lipinski definition) is 3. The summed E-state index contributed by atoms with van der Waals surface area (Å²) < 4.78 is 5.43. The van der Waals surface area contributed by atoms with Crippen molar-refractivity contribution >= 4 is 80.1 Å². The predicted octanol–water partition coefficient (Wildman–Crippen LogP) is 15.9. The Labute approximate surface area is 344 Å². The van der Waals surface area contributed by atoms with Crippen LogP contribution in [0.3, 0.4) is 0 Å². The molecule has 0 radical (unpaired) electrons. The molecule has 0 unspecified atom stereocenters. The first-order valence-electron chi connectivity index (χ1n) is 19.9. The molecule has 0 atom stereocenters. The summed E-state index contributed by atoms with van der Waals surface area (Å²) in [5, 5.41) is 5.42. The Kier molecular flexibility index (Phi) is 6.75. The Hall–Kier alpha value is -6.78. The minimum atomic E-state index is -0.398. The number of anilines is 3. The van der Waals surface area contributed by atoms with Crippen molar-refractivity contribution in [2.24, 2.45) is 0 Å². The Balaban J connectivity index is 0.976. The second-order valence-electron chi connectivity index (χ2n) is 15.5. The lowest BCUT2D eigenvalue weighted by atomic mass is 9.70. The van der Waals surface area contributed by atoms with Gasteiger partial charge in [-0.25, -0.2) is 0 Å². The third-order valence-electron chi connectivity index (χ3n) is 12.7. The molecule has 9 aromatic carbocycles. The van der Waals surface area contributed by atoms with Crippen LogP contribution in [0.4, 0.5) is 17.1 Å². The first-order valence-corrected chi connectivity index (χ1v) is 21.6. The van der Waals surface area contributed by atoms with Crippen molar-refractivity contribution in [3.8, 4) is 33.4 Å². The molecule has 0 bridgehead atoms. The van der Waals surface area contributed by atoms with Crippen molar-refractivity contribution in [3.05, 3.63) is 222 Å². The van der Waals surface area contributed by atoms with E-state index in [2.05, 4.69) is 205 Å². The SMILES string of the molecule is c1ccc(N(c2ccc(-c3cccc4c3sc3c4ccc4sc5ccccc5c43)cc2)c2ccc3c(c2)C2(c4ccccc4-c4ccccc42)c2ccccc2-3)cc1. The Morgan fingerprint density at radius 2 is 0.879 bits per heavy atom. The van der Waals surface area contributed by atoms with E-state index in [1.165, 1.54) is 96.0 Å². The van der Waals surface area contributed by atoms with E-state index in [9.17, 15) is 0 Å². The summed E-state index contributed by atoms with van der Waals surface area (Å²) in [4.78, 5) is 2.42. The van der Waals surface area contributed by atoms with Crippen molar-refractivity contribution in [3.63, 3.8) is 0 Å². The zero-order valence-corrected chi connectivity index (χ0v) is 32.9. The lowest BCUT2D eigenvalue weighted by Crippen LogP contribution is -2.26. The van der Waals surface area contributed by atoms with Gasteiger partial charge in [-0.05, 0) is 104 Å². The van der Waals surface area contributed by atoms with Crippen molar-refractivity contribution in [2.75, 3.05) is 4.90 Å². The van der Waals surface area contributed by atoms with E-state index in [4.69, 9.17) is 0 Å². The molecule has 0 N–H and O–H groups in total. The summed E-state index contributed by atoms with van der Waals surface area (Å²) in [5.74, 6) is 0. The maximum atomic E-state index is 2.47. The molecule has 58 heavy (non-hydrogen) atoms. The molecule has 0 aliphatic heterocycles. The molecule has 270 valence electrons. The molecule has 11 aromatic rings. The van der Waals surface area contributed by atoms with Crippen LogP contribution >= 0.6 is 22.7 Å². The second-order valence-corrected chi connectivity index (χ2v) is 17.6. The van der Waals surface area contributed by atoms with Gasteiger partial charge in [-0.1, -0.05) is 152 Å². The lowest BCUT2D eigenvalue weighted by molar-refractivity contribution is 0.793. The quantitative estimate of drug-likeness (QED) is 0.172. The molecule has 2 aromatic heterocycles. The minimum absolute atomic E-state index is 0.398. The van der Waals surface area contributed by atoms with Crippen LogP contribution in [0.1, 0.15) is 22.3 Å². The Morgan fingerprint density at radius 3 is 1.60 bits per heavy atom. The van der Waals surface area contributed by atoms with Crippen LogP contribution in [0.5, 0.6) is 0 Å². The Morgan fingerprint density at radius 1 is 0.328 bits per heavy atom. The van der Waals surface area contributed by atoms with Gasteiger partial charge in [-0.2, -0.15) is 0 Å². The monoisotopic (exact) mass is 771 g/mol. The molecular weight excluding hydrogens is 739 g/mol. The fourth-order valence-electron chi connectivity index (χ4n) is 10.3. The zero-order chi connectivity index (χ0) is 38.0. The van der Waals surface area contributed by atoms with Crippen molar-refractivity contribution in [2.45, 2.75) is 5.41 Å². The summed E-state index contributed by atoms with van der Waals surface area (Å²) in [6.45, 7) is 0. The molecule has 1 nitrogen and oxygen atoms in total. The van der Waals surface area contributed by atoms with Crippen molar-refractivity contribution in [1.29, 1.82) is 0 Å². The van der Waals surface area contributed by atoms with E-state index in [0.717, 1.165) is 17.1 Å². The van der Waals surface area contributed by atoms with Gasteiger partial charge in [0.1, 0.15) is 0 Å². The molecule has 3 heteroatoms. The van der Waals surface area contributed by atoms with Gasteiger partial charge in [0.25, 0.3) is 0 Å². The first kappa shape index (κ1) is 32.3. The standard InChI is InChI=1S/C55H33NS2/c1-2-13-35(14-3-1)56(37-29-30-42-41-17-6-10-23-48(41)55(49(42)33-37)46-21-8-4-15-39(46)40-16-5-9-22-47(40)55)36-27-25-34(26-28-36)38-19-12-20-43-44-31-32-51-52(54(44)58-53(38)43)45-18-7-11-24-50(45)57-51/h1-33H. The maximum absolute atomic E-state index is 2.47. The van der Waals surface area contributed by atoms with E-state index in [0.29, 0.717) is 0 Å². The van der Waals surface area contributed by atoms with Gasteiger partial charge in [0.2, 0.25) is 0 Å². The van der Waals surface area contributed by atoms with E-state index < -0.39 is 5.41 Å². The van der Waals surface area contributed by atoms with E-state index in [1.807, 2.05) is 22.7 Å². The van der Waals surface area contributed by atoms with Crippen LogP contribution in [-0.2, 0) is 5.41 Å². The van der Waals surface area contributed by atoms with Crippen LogP contribution < -0.4 is 4.90 Å². The molecule has 2 aliphatic carbocycles. The number of rotatable bonds is 4. The molecular formula is C55H33NS2. The second kappa shape index (κ2) is 12.1. The topological polar surface area (TPSA) is 3.24 Å². The van der Waals surface area contributed by atoms with Crippen LogP contribution in [-0.4, -0.2) is 0 Å². The van der Waals surface area contributed by atoms with E-state index >= 15 is 0 Å². The number of hydrogen-bond donors (Lipinski definition) is 0. The van der Waals surface area contributed by atoms with Gasteiger partial charge in [0.15, 0.2) is 0 Å². The summed E-state index contributed by atoms with van der Waals surface area (Å²) in [6.07, 6.45) is 0. The Bertz CT molecular complexity index is 3400. The highest BCUT2D eigenvalue weighted by atomic mass is 32.1. The van der Waals surface area contributed by atoms with Crippen LogP contribution in [0.25, 0.3) is 73.7 Å². The zero-order valence-electron chi connectivity index (χ0n) is 31.3. The molecule has 0 saturated heterocycles. The number of nitrogens with zero attached hydrogens (tertiary/aromatic N) is 1. The highest BCUT2D eigenvalue weighted by molar-refractivity contribution is 7.30. The number of benzene rings is 9. The number of para-hydroxylation sites is 1. The van der Waals surface area contributed by atoms with Gasteiger partial charge < -0.3 is 4.90 Å². The van der Waals surface area contributed by atoms with Gasteiger partial charge in [-0.3, -0.25) is 0 Å². The van der Waals surface area contributed by atoms with Gasteiger partial charge >= 0.3 is 0 Å². The van der Waals surface area contributed by atoms with Crippen molar-refractivity contribution < 1.29 is 0 Å². The molecule has 0 fully saturated rings. The fraction of sp³-hybridized carbons (Fsp3) is 0.0182. The molecule has 0 saturated carbocycles. The average molecular weight is 772 g/mol. The largest absolute Gasteiger partial charge is 0.310 e.